The Morgan fingerprint density at radius 3 is 2.48 bits per heavy atom. The molecule has 3 atom stereocenters. The van der Waals surface area contributed by atoms with Gasteiger partial charge in [0.25, 0.3) is 0 Å². The Morgan fingerprint density at radius 2 is 1.84 bits per heavy atom. The van der Waals surface area contributed by atoms with Gasteiger partial charge in [0.1, 0.15) is 28.9 Å². The number of esters is 2. The van der Waals surface area contributed by atoms with Gasteiger partial charge in [0.2, 0.25) is 22.6 Å². The monoisotopic (exact) mass is 744 g/mol. The lowest BCUT2D eigenvalue weighted by atomic mass is 9.94. The standard InChI is InChI=1S/C31H35ClF2N4O11S/c1-18-16-49-31(42,20-9-21(33)11-22(34)10-20)19(2)38(18)30(41)48-17-47-28(39)15-37(3)6-8-46-29(40)24-12-27(50(35,43)44)25(32)13-26(24)36-14-23-5-4-7-45-23/h4-5,7,9-13,18-19,36,42H,6,8,14-17H2,1-3H3,(H2,35,43,44)/t18-,19-,31+/m1/s1. The number of rotatable bonds is 13. The largest absolute Gasteiger partial charge is 0.467 e. The predicted octanol–water partition coefficient (Wildman–Crippen LogP) is 3.15. The Labute approximate surface area is 290 Å². The number of benzene rings is 2. The van der Waals surface area contributed by atoms with Gasteiger partial charge in [-0.2, -0.15) is 0 Å². The summed E-state index contributed by atoms with van der Waals surface area (Å²) in [6.45, 7) is 1.65. The highest BCUT2D eigenvalue weighted by atomic mass is 35.5. The average Bonchev–Trinajstić information content (AvgIpc) is 3.55. The summed E-state index contributed by atoms with van der Waals surface area (Å²) in [7, 11) is -2.76. The van der Waals surface area contributed by atoms with Gasteiger partial charge < -0.3 is 33.8 Å². The van der Waals surface area contributed by atoms with Gasteiger partial charge in [-0.05, 0) is 57.3 Å². The molecular formula is C31H35ClF2N4O11S. The molecule has 1 fully saturated rings. The number of hydrogen-bond acceptors (Lipinski definition) is 13. The number of sulfonamides is 1. The van der Waals surface area contributed by atoms with Crippen LogP contribution in [0.25, 0.3) is 0 Å². The summed E-state index contributed by atoms with van der Waals surface area (Å²) in [6, 6.07) is 6.18. The molecule has 0 saturated carbocycles. The second-order valence-corrected chi connectivity index (χ2v) is 13.3. The van der Waals surface area contributed by atoms with Gasteiger partial charge in [0.15, 0.2) is 0 Å². The fourth-order valence-corrected chi connectivity index (χ4v) is 6.16. The molecule has 3 aromatic rings. The highest BCUT2D eigenvalue weighted by Crippen LogP contribution is 2.36. The average molecular weight is 745 g/mol. The number of nitrogens with two attached hydrogens (primary N) is 1. The van der Waals surface area contributed by atoms with Crippen LogP contribution < -0.4 is 10.5 Å². The topological polar surface area (TPSA) is 200 Å². The van der Waals surface area contributed by atoms with Gasteiger partial charge in [-0.25, -0.2) is 31.9 Å². The van der Waals surface area contributed by atoms with Crippen LogP contribution in [-0.4, -0.2) is 93.6 Å². The van der Waals surface area contributed by atoms with Crippen LogP contribution in [0, 0.1) is 11.6 Å². The summed E-state index contributed by atoms with van der Waals surface area (Å²) in [6.07, 6.45) is 0.472. The van der Waals surface area contributed by atoms with E-state index in [2.05, 4.69) is 5.32 Å². The highest BCUT2D eigenvalue weighted by molar-refractivity contribution is 7.89. The van der Waals surface area contributed by atoms with Crippen molar-refractivity contribution in [3.8, 4) is 0 Å². The molecular weight excluding hydrogens is 710 g/mol. The van der Waals surface area contributed by atoms with Crippen LogP contribution in [0.1, 0.15) is 35.5 Å². The molecule has 0 radical (unpaired) electrons. The zero-order valence-electron chi connectivity index (χ0n) is 27.1. The maximum atomic E-state index is 13.8. The van der Waals surface area contributed by atoms with Crippen molar-refractivity contribution in [2.24, 2.45) is 5.14 Å². The van der Waals surface area contributed by atoms with Crippen molar-refractivity contribution in [1.82, 2.24) is 9.80 Å². The van der Waals surface area contributed by atoms with Crippen molar-refractivity contribution in [2.75, 3.05) is 45.5 Å². The number of amides is 1. The van der Waals surface area contributed by atoms with Gasteiger partial charge in [0.05, 0.1) is 54.3 Å². The minimum atomic E-state index is -4.28. The van der Waals surface area contributed by atoms with Crippen LogP contribution >= 0.6 is 11.6 Å². The third-order valence-electron chi connectivity index (χ3n) is 7.63. The summed E-state index contributed by atoms with van der Waals surface area (Å²) in [5.74, 6) is -5.34. The number of aliphatic hydroxyl groups is 1. The number of furan rings is 1. The number of primary sulfonamides is 1. The number of likely N-dealkylation sites (N-methyl/N-ethyl adjacent to an activating group) is 1. The molecule has 0 unspecified atom stereocenters. The van der Waals surface area contributed by atoms with Gasteiger partial charge >= 0.3 is 18.0 Å². The summed E-state index contributed by atoms with van der Waals surface area (Å²) >= 11 is 6.10. The van der Waals surface area contributed by atoms with Crippen LogP contribution in [0.5, 0.6) is 0 Å². The van der Waals surface area contributed by atoms with Gasteiger partial charge in [0, 0.05) is 18.2 Å². The van der Waals surface area contributed by atoms with Gasteiger partial charge in [-0.1, -0.05) is 11.6 Å². The van der Waals surface area contributed by atoms with Crippen LogP contribution in [0.4, 0.5) is 19.3 Å². The first-order chi connectivity index (χ1) is 23.5. The zero-order chi connectivity index (χ0) is 36.8. The van der Waals surface area contributed by atoms with Crippen molar-refractivity contribution in [1.29, 1.82) is 0 Å². The number of nitrogens with zero attached hydrogens (tertiary/aromatic N) is 2. The predicted molar refractivity (Wildman–Crippen MR) is 171 cm³/mol. The van der Waals surface area contributed by atoms with Crippen LogP contribution in [0.3, 0.4) is 0 Å². The molecule has 4 rings (SSSR count). The first-order valence-corrected chi connectivity index (χ1v) is 16.8. The number of morpholine rings is 1. The van der Waals surface area contributed by atoms with E-state index in [1.807, 2.05) is 0 Å². The van der Waals surface area contributed by atoms with Crippen LogP contribution in [0.15, 0.2) is 58.0 Å². The molecule has 50 heavy (non-hydrogen) atoms. The molecule has 2 heterocycles. The van der Waals surface area contributed by atoms with Gasteiger partial charge in [-0.15, -0.1) is 0 Å². The lowest BCUT2D eigenvalue weighted by Gasteiger charge is -2.47. The van der Waals surface area contributed by atoms with Crippen molar-refractivity contribution in [3.05, 3.63) is 82.3 Å². The maximum Gasteiger partial charge on any atom is 0.413 e. The minimum absolute atomic E-state index is 0.0352. The first kappa shape index (κ1) is 38.5. The van der Waals surface area contributed by atoms with Crippen molar-refractivity contribution in [2.45, 2.75) is 43.2 Å². The molecule has 1 amide bonds. The number of anilines is 1. The highest BCUT2D eigenvalue weighted by Gasteiger charge is 2.49. The SMILES string of the molecule is C[C@@H]1CO[C@](O)(c2cc(F)cc(F)c2)[C@@H](C)N1C(=O)OCOC(=O)CN(C)CCOC(=O)c1cc(S(N)(=O)=O)c(Cl)cc1NCc1ccco1. The third-order valence-corrected chi connectivity index (χ3v) is 9.00. The molecule has 19 heteroatoms. The van der Waals surface area contributed by atoms with E-state index < -0.39 is 69.2 Å². The fourth-order valence-electron chi connectivity index (χ4n) is 5.06. The normalized spacial score (nSPS) is 19.3. The number of nitrogens with one attached hydrogen (secondary N) is 1. The Balaban J connectivity index is 1.27. The Bertz CT molecular complexity index is 1800. The molecule has 0 bridgehead atoms. The lowest BCUT2D eigenvalue weighted by molar-refractivity contribution is -0.280. The third kappa shape index (κ3) is 9.46. The summed E-state index contributed by atoms with van der Waals surface area (Å²) in [5.41, 5.74) is -0.251. The smallest absolute Gasteiger partial charge is 0.413 e. The molecule has 0 spiro atoms. The minimum Gasteiger partial charge on any atom is -0.467 e. The van der Waals surface area contributed by atoms with E-state index in [1.165, 1.54) is 31.2 Å². The number of carbonyl (C=O) groups is 3. The molecule has 1 saturated heterocycles. The van der Waals surface area contributed by atoms with E-state index in [4.69, 9.17) is 40.1 Å². The zero-order valence-corrected chi connectivity index (χ0v) is 28.6. The molecule has 4 N–H and O–H groups in total. The number of carbonyl (C=O) groups excluding carboxylic acids is 3. The molecule has 0 aliphatic carbocycles. The van der Waals surface area contributed by atoms with Crippen molar-refractivity contribution < 1.29 is 60.1 Å². The maximum absolute atomic E-state index is 13.8. The quantitative estimate of drug-likeness (QED) is 0.171. The number of hydrogen-bond donors (Lipinski definition) is 3. The molecule has 272 valence electrons. The molecule has 2 aromatic carbocycles. The summed E-state index contributed by atoms with van der Waals surface area (Å²) in [5, 5.41) is 19.1. The second kappa shape index (κ2) is 16.1. The van der Waals surface area contributed by atoms with E-state index >= 15 is 0 Å². The van der Waals surface area contributed by atoms with E-state index in [9.17, 15) is 36.7 Å². The summed E-state index contributed by atoms with van der Waals surface area (Å²) < 4.78 is 77.8. The lowest BCUT2D eigenvalue weighted by Crippen LogP contribution is -2.62. The molecule has 1 aliphatic heterocycles. The van der Waals surface area contributed by atoms with E-state index in [0.717, 1.165) is 23.1 Å². The van der Waals surface area contributed by atoms with Crippen molar-refractivity contribution >= 4 is 45.3 Å². The van der Waals surface area contributed by atoms with Crippen LogP contribution in [0.2, 0.25) is 5.02 Å². The van der Waals surface area contributed by atoms with E-state index in [0.29, 0.717) is 11.8 Å². The molecule has 1 aromatic heterocycles. The Kier molecular flexibility index (Phi) is 12.4. The molecule has 1 aliphatic rings. The molecule has 15 nitrogen and oxygen atoms in total. The Hall–Kier alpha value is -4.33. The summed E-state index contributed by atoms with van der Waals surface area (Å²) in [4.78, 5) is 40.3. The fraction of sp³-hybridized carbons (Fsp3) is 0.387. The first-order valence-electron chi connectivity index (χ1n) is 14.9. The van der Waals surface area contributed by atoms with Crippen LogP contribution in [-0.2, 0) is 46.1 Å². The van der Waals surface area contributed by atoms with E-state index in [-0.39, 0.29) is 54.7 Å². The Morgan fingerprint density at radius 1 is 1.14 bits per heavy atom. The second-order valence-electron chi connectivity index (χ2n) is 11.3. The number of halogens is 3. The number of ether oxygens (including phenoxy) is 4. The van der Waals surface area contributed by atoms with Gasteiger partial charge in [-0.3, -0.25) is 14.6 Å². The van der Waals surface area contributed by atoms with E-state index in [1.54, 1.807) is 19.1 Å². The van der Waals surface area contributed by atoms with Crippen molar-refractivity contribution in [3.63, 3.8) is 0 Å².